The number of benzene rings is 1. The summed E-state index contributed by atoms with van der Waals surface area (Å²) in [6, 6.07) is 5.56. The Labute approximate surface area is 172 Å². The number of thioether (sulfide) groups is 1. The second-order valence-electron chi connectivity index (χ2n) is 6.20. The van der Waals surface area contributed by atoms with Gasteiger partial charge in [-0.1, -0.05) is 6.07 Å². The van der Waals surface area contributed by atoms with E-state index in [1.165, 1.54) is 25.5 Å². The van der Waals surface area contributed by atoms with Gasteiger partial charge in [-0.25, -0.2) is 9.38 Å². The highest BCUT2D eigenvalue weighted by Gasteiger charge is 2.20. The number of aliphatic imine (C=N–C) groups is 1. The molecule has 1 aliphatic heterocycles. The van der Waals surface area contributed by atoms with Crippen molar-refractivity contribution in [2.24, 2.45) is 4.99 Å². The third-order valence-electron chi connectivity index (χ3n) is 4.40. The molecular weight excluding hydrogens is 450 g/mol. The van der Waals surface area contributed by atoms with Crippen LogP contribution in [0, 0.1) is 5.82 Å². The van der Waals surface area contributed by atoms with Crippen molar-refractivity contribution in [1.82, 2.24) is 15.5 Å². The molecule has 0 radical (unpaired) electrons. The predicted octanol–water partition coefficient (Wildman–Crippen LogP) is 3.46. The van der Waals surface area contributed by atoms with Crippen molar-refractivity contribution in [3.63, 3.8) is 0 Å². The average molecular weight is 480 g/mol. The van der Waals surface area contributed by atoms with Crippen LogP contribution in [0.5, 0.6) is 0 Å². The minimum absolute atomic E-state index is 0. The van der Waals surface area contributed by atoms with E-state index >= 15 is 0 Å². The summed E-state index contributed by atoms with van der Waals surface area (Å²) in [6.45, 7) is 5.53. The summed E-state index contributed by atoms with van der Waals surface area (Å²) in [4.78, 5) is 7.08. The Morgan fingerprint density at radius 1 is 1.36 bits per heavy atom. The summed E-state index contributed by atoms with van der Waals surface area (Å²) >= 11 is 1.70. The molecule has 2 rings (SSSR count). The van der Waals surface area contributed by atoms with E-state index in [1.54, 1.807) is 17.8 Å². The molecule has 1 atom stereocenters. The average Bonchev–Trinajstić information content (AvgIpc) is 2.97. The monoisotopic (exact) mass is 480 g/mol. The molecule has 142 valence electrons. The van der Waals surface area contributed by atoms with Crippen molar-refractivity contribution >= 4 is 41.7 Å². The molecule has 1 aromatic rings. The zero-order valence-corrected chi connectivity index (χ0v) is 18.5. The Morgan fingerprint density at radius 3 is 2.80 bits per heavy atom. The van der Waals surface area contributed by atoms with Crippen molar-refractivity contribution in [3.8, 4) is 0 Å². The molecular formula is C18H30FIN4S. The molecule has 1 aromatic carbocycles. The molecule has 7 heteroatoms. The summed E-state index contributed by atoms with van der Waals surface area (Å²) in [7, 11) is 2.18. The van der Waals surface area contributed by atoms with Crippen molar-refractivity contribution in [1.29, 1.82) is 0 Å². The summed E-state index contributed by atoms with van der Waals surface area (Å²) < 4.78 is 13.4. The van der Waals surface area contributed by atoms with Gasteiger partial charge in [-0.2, -0.15) is 11.8 Å². The quantitative estimate of drug-likeness (QED) is 0.357. The van der Waals surface area contributed by atoms with E-state index in [9.17, 15) is 4.39 Å². The minimum Gasteiger partial charge on any atom is -0.357 e. The van der Waals surface area contributed by atoms with E-state index in [0.29, 0.717) is 12.6 Å². The van der Waals surface area contributed by atoms with Gasteiger partial charge >= 0.3 is 0 Å². The van der Waals surface area contributed by atoms with Gasteiger partial charge in [0.25, 0.3) is 0 Å². The number of nitrogens with zero attached hydrogens (tertiary/aromatic N) is 2. The van der Waals surface area contributed by atoms with Crippen LogP contribution >= 0.6 is 35.7 Å². The fourth-order valence-electron chi connectivity index (χ4n) is 3.00. The smallest absolute Gasteiger partial charge is 0.191 e. The van der Waals surface area contributed by atoms with Crippen molar-refractivity contribution < 1.29 is 4.39 Å². The highest BCUT2D eigenvalue weighted by Crippen LogP contribution is 2.17. The summed E-state index contributed by atoms with van der Waals surface area (Å²) in [6.07, 6.45) is 4.53. The molecule has 1 unspecified atom stereocenters. The van der Waals surface area contributed by atoms with Gasteiger partial charge in [-0.3, -0.25) is 0 Å². The number of hydrogen-bond donors (Lipinski definition) is 2. The zero-order chi connectivity index (χ0) is 17.4. The van der Waals surface area contributed by atoms with Crippen LogP contribution in [0.3, 0.4) is 0 Å². The van der Waals surface area contributed by atoms with E-state index in [-0.39, 0.29) is 29.8 Å². The normalized spacial score (nSPS) is 18.1. The zero-order valence-electron chi connectivity index (χ0n) is 15.3. The Hall–Kier alpha value is -0.540. The second-order valence-corrected chi connectivity index (χ2v) is 7.06. The van der Waals surface area contributed by atoms with Gasteiger partial charge in [-0.15, -0.1) is 24.0 Å². The van der Waals surface area contributed by atoms with Crippen LogP contribution in [0.4, 0.5) is 4.39 Å². The molecule has 0 bridgehead atoms. The maximum absolute atomic E-state index is 13.4. The molecule has 0 aromatic heterocycles. The van der Waals surface area contributed by atoms with Crippen molar-refractivity contribution in [2.75, 3.05) is 32.9 Å². The number of halogens is 2. The fourth-order valence-corrected chi connectivity index (χ4v) is 3.58. The standard InChI is InChI=1S/C18H29FN4S.HI/c1-4-20-18(22-12-17-6-5-9-23(17)2)21-11-14-7-8-16(19)10-15(14)13-24-3;/h7-8,10,17H,4-6,9,11-13H2,1-3H3,(H2,20,21,22);1H. The Bertz CT molecular complexity index is 556. The van der Waals surface area contributed by atoms with Crippen molar-refractivity contribution in [3.05, 3.63) is 35.1 Å². The fraction of sp³-hybridized carbons (Fsp3) is 0.611. The molecule has 25 heavy (non-hydrogen) atoms. The van der Waals surface area contributed by atoms with Crippen LogP contribution in [0.1, 0.15) is 30.9 Å². The van der Waals surface area contributed by atoms with Gasteiger partial charge in [0.1, 0.15) is 5.82 Å². The lowest BCUT2D eigenvalue weighted by molar-refractivity contribution is 0.309. The molecule has 1 aliphatic rings. The van der Waals surface area contributed by atoms with Gasteiger partial charge in [0, 0.05) is 24.9 Å². The van der Waals surface area contributed by atoms with E-state index in [1.807, 2.05) is 12.3 Å². The molecule has 0 amide bonds. The van der Waals surface area contributed by atoms with Gasteiger partial charge < -0.3 is 15.5 Å². The number of likely N-dealkylation sites (N-methyl/N-ethyl adjacent to an activating group) is 1. The Balaban J connectivity index is 0.00000312. The van der Waals surface area contributed by atoms with Gasteiger partial charge in [-0.05, 0) is 62.9 Å². The van der Waals surface area contributed by atoms with Crippen LogP contribution in [-0.2, 0) is 12.3 Å². The molecule has 0 aliphatic carbocycles. The van der Waals surface area contributed by atoms with Crippen molar-refractivity contribution in [2.45, 2.75) is 38.1 Å². The summed E-state index contributed by atoms with van der Waals surface area (Å²) in [5.41, 5.74) is 2.11. The first-order valence-electron chi connectivity index (χ1n) is 8.62. The van der Waals surface area contributed by atoms with Crippen LogP contribution in [-0.4, -0.2) is 49.8 Å². The Kier molecular flexibility index (Phi) is 10.8. The number of likely N-dealkylation sites (tertiary alicyclic amines) is 1. The second kappa shape index (κ2) is 12.0. The van der Waals surface area contributed by atoms with Gasteiger partial charge in [0.2, 0.25) is 0 Å². The van der Waals surface area contributed by atoms with E-state index < -0.39 is 0 Å². The largest absolute Gasteiger partial charge is 0.357 e. The third-order valence-corrected chi connectivity index (χ3v) is 5.00. The summed E-state index contributed by atoms with van der Waals surface area (Å²) in [5.74, 6) is 1.46. The lowest BCUT2D eigenvalue weighted by Gasteiger charge is -2.21. The number of rotatable bonds is 7. The minimum atomic E-state index is -0.180. The topological polar surface area (TPSA) is 39.7 Å². The Morgan fingerprint density at radius 2 is 2.16 bits per heavy atom. The van der Waals surface area contributed by atoms with Crippen LogP contribution in [0.2, 0.25) is 0 Å². The molecule has 4 nitrogen and oxygen atoms in total. The molecule has 1 heterocycles. The van der Waals surface area contributed by atoms with E-state index in [2.05, 4.69) is 34.5 Å². The SMILES string of the molecule is CCNC(=NCc1ccc(F)cc1CSC)NCC1CCCN1C.I. The summed E-state index contributed by atoms with van der Waals surface area (Å²) in [5, 5.41) is 6.74. The first kappa shape index (κ1) is 22.5. The highest BCUT2D eigenvalue weighted by atomic mass is 127. The number of guanidine groups is 1. The number of nitrogens with one attached hydrogen (secondary N) is 2. The van der Waals surface area contributed by atoms with Gasteiger partial charge in [0.05, 0.1) is 6.54 Å². The van der Waals surface area contributed by atoms with Gasteiger partial charge in [0.15, 0.2) is 5.96 Å². The third kappa shape index (κ3) is 7.30. The van der Waals surface area contributed by atoms with Crippen LogP contribution < -0.4 is 10.6 Å². The van der Waals surface area contributed by atoms with E-state index in [0.717, 1.165) is 35.9 Å². The highest BCUT2D eigenvalue weighted by molar-refractivity contribution is 14.0. The number of hydrogen-bond acceptors (Lipinski definition) is 3. The lowest BCUT2D eigenvalue weighted by Crippen LogP contribution is -2.44. The first-order chi connectivity index (χ1) is 11.6. The predicted molar refractivity (Wildman–Crippen MR) is 118 cm³/mol. The van der Waals surface area contributed by atoms with Crippen LogP contribution in [0.15, 0.2) is 23.2 Å². The molecule has 0 saturated carbocycles. The maximum atomic E-state index is 13.4. The molecule has 0 spiro atoms. The lowest BCUT2D eigenvalue weighted by atomic mass is 10.1. The van der Waals surface area contributed by atoms with E-state index in [4.69, 9.17) is 0 Å². The van der Waals surface area contributed by atoms with Crippen LogP contribution in [0.25, 0.3) is 0 Å². The molecule has 2 N–H and O–H groups in total. The maximum Gasteiger partial charge on any atom is 0.191 e. The molecule has 1 fully saturated rings. The first-order valence-corrected chi connectivity index (χ1v) is 10.0. The molecule has 1 saturated heterocycles.